The fourth-order valence-electron chi connectivity index (χ4n) is 2.85. The predicted molar refractivity (Wildman–Crippen MR) is 91.0 cm³/mol. The fourth-order valence-corrected chi connectivity index (χ4v) is 2.85. The van der Waals surface area contributed by atoms with Gasteiger partial charge in [-0.05, 0) is 33.3 Å². The van der Waals surface area contributed by atoms with Crippen molar-refractivity contribution in [3.05, 3.63) is 29.6 Å². The summed E-state index contributed by atoms with van der Waals surface area (Å²) in [5.74, 6) is 0.985. The molecule has 1 unspecified atom stereocenters. The van der Waals surface area contributed by atoms with Gasteiger partial charge < -0.3 is 14.4 Å². The van der Waals surface area contributed by atoms with E-state index in [0.29, 0.717) is 43.6 Å². The molecule has 3 heterocycles. The van der Waals surface area contributed by atoms with Gasteiger partial charge in [0.25, 0.3) is 5.91 Å². The van der Waals surface area contributed by atoms with Crippen LogP contribution in [0.4, 0.5) is 0 Å². The smallest absolute Gasteiger partial charge is 0.257 e. The highest BCUT2D eigenvalue weighted by molar-refractivity contribution is 5.95. The van der Waals surface area contributed by atoms with Gasteiger partial charge in [0.2, 0.25) is 5.88 Å². The lowest BCUT2D eigenvalue weighted by atomic mass is 10.1. The molecule has 0 radical (unpaired) electrons. The molecule has 0 aliphatic carbocycles. The summed E-state index contributed by atoms with van der Waals surface area (Å²) in [6.45, 7) is 8.17. The molecular formula is C17H23N5O3. The van der Waals surface area contributed by atoms with E-state index >= 15 is 0 Å². The van der Waals surface area contributed by atoms with Crippen LogP contribution < -0.4 is 4.74 Å². The van der Waals surface area contributed by atoms with Crippen molar-refractivity contribution in [2.45, 2.75) is 33.2 Å². The summed E-state index contributed by atoms with van der Waals surface area (Å²) in [6, 6.07) is 3.65. The Morgan fingerprint density at radius 1 is 1.36 bits per heavy atom. The number of hydrogen-bond donors (Lipinski definition) is 0. The maximum Gasteiger partial charge on any atom is 0.257 e. The Balaban J connectivity index is 1.83. The van der Waals surface area contributed by atoms with Gasteiger partial charge in [-0.25, -0.2) is 4.68 Å². The van der Waals surface area contributed by atoms with Gasteiger partial charge in [0.05, 0.1) is 30.7 Å². The zero-order chi connectivity index (χ0) is 17.8. The molecule has 1 aliphatic heterocycles. The molecule has 1 saturated heterocycles. The summed E-state index contributed by atoms with van der Waals surface area (Å²) in [5.41, 5.74) is 1.31. The summed E-state index contributed by atoms with van der Waals surface area (Å²) >= 11 is 0. The molecule has 1 atom stereocenters. The number of carbonyl (C=O) groups excluding carboxylic acids is 1. The Bertz CT molecular complexity index is 728. The van der Waals surface area contributed by atoms with Gasteiger partial charge in [-0.15, -0.1) is 10.2 Å². The second-order valence-electron chi connectivity index (χ2n) is 5.97. The average molecular weight is 345 g/mol. The Labute approximate surface area is 146 Å². The molecule has 25 heavy (non-hydrogen) atoms. The Morgan fingerprint density at radius 3 is 2.92 bits per heavy atom. The highest BCUT2D eigenvalue weighted by Gasteiger charge is 2.26. The van der Waals surface area contributed by atoms with Crippen LogP contribution in [0.2, 0.25) is 0 Å². The van der Waals surface area contributed by atoms with Gasteiger partial charge in [0.1, 0.15) is 0 Å². The Kier molecular flexibility index (Phi) is 5.28. The SMILES string of the molecule is CCOc1ccc(-n2ncc(C(=O)N3CCOCCC3C)c2C)nn1. The fraction of sp³-hybridized carbons (Fsp3) is 0.529. The van der Waals surface area contributed by atoms with Gasteiger partial charge in [-0.1, -0.05) is 0 Å². The van der Waals surface area contributed by atoms with E-state index in [1.165, 1.54) is 0 Å². The number of aromatic nitrogens is 4. The molecule has 0 N–H and O–H groups in total. The maximum absolute atomic E-state index is 12.9. The van der Waals surface area contributed by atoms with Crippen molar-refractivity contribution in [2.75, 3.05) is 26.4 Å². The van der Waals surface area contributed by atoms with Crippen molar-refractivity contribution in [1.82, 2.24) is 24.9 Å². The largest absolute Gasteiger partial charge is 0.477 e. The molecule has 3 rings (SSSR count). The van der Waals surface area contributed by atoms with E-state index in [1.807, 2.05) is 25.7 Å². The first-order chi connectivity index (χ1) is 12.1. The van der Waals surface area contributed by atoms with Crippen molar-refractivity contribution < 1.29 is 14.3 Å². The lowest BCUT2D eigenvalue weighted by molar-refractivity contribution is 0.0686. The van der Waals surface area contributed by atoms with Crippen LogP contribution in [0.15, 0.2) is 18.3 Å². The van der Waals surface area contributed by atoms with Crippen LogP contribution in [-0.2, 0) is 4.74 Å². The minimum absolute atomic E-state index is 0.0272. The highest BCUT2D eigenvalue weighted by Crippen LogP contribution is 2.18. The normalized spacial score (nSPS) is 18.0. The molecule has 134 valence electrons. The minimum Gasteiger partial charge on any atom is -0.477 e. The third-order valence-corrected chi connectivity index (χ3v) is 4.32. The summed E-state index contributed by atoms with van der Waals surface area (Å²) in [4.78, 5) is 14.8. The average Bonchev–Trinajstić information content (AvgIpc) is 2.86. The zero-order valence-corrected chi connectivity index (χ0v) is 14.8. The van der Waals surface area contributed by atoms with Gasteiger partial charge >= 0.3 is 0 Å². The summed E-state index contributed by atoms with van der Waals surface area (Å²) < 4.78 is 12.4. The lowest BCUT2D eigenvalue weighted by Gasteiger charge is -2.26. The topological polar surface area (TPSA) is 82.4 Å². The Morgan fingerprint density at radius 2 is 2.20 bits per heavy atom. The van der Waals surface area contributed by atoms with Gasteiger partial charge in [-0.2, -0.15) is 5.10 Å². The molecule has 8 heteroatoms. The van der Waals surface area contributed by atoms with Crippen LogP contribution in [0.3, 0.4) is 0 Å². The zero-order valence-electron chi connectivity index (χ0n) is 14.8. The summed E-state index contributed by atoms with van der Waals surface area (Å²) in [7, 11) is 0. The number of hydrogen-bond acceptors (Lipinski definition) is 6. The van der Waals surface area contributed by atoms with Crippen LogP contribution in [0.5, 0.6) is 5.88 Å². The standard InChI is InChI=1S/C17H23N5O3/c1-4-25-16-6-5-15(19-20-16)22-13(3)14(11-18-22)17(23)21-8-10-24-9-7-12(21)2/h5-6,11-12H,4,7-10H2,1-3H3. The molecule has 0 spiro atoms. The number of carbonyl (C=O) groups is 1. The molecule has 0 bridgehead atoms. The first-order valence-corrected chi connectivity index (χ1v) is 8.52. The minimum atomic E-state index is -0.0272. The van der Waals surface area contributed by atoms with Crippen molar-refractivity contribution in [3.63, 3.8) is 0 Å². The third-order valence-electron chi connectivity index (χ3n) is 4.32. The molecule has 1 amide bonds. The van der Waals surface area contributed by atoms with E-state index in [-0.39, 0.29) is 11.9 Å². The molecule has 2 aromatic rings. The van der Waals surface area contributed by atoms with Crippen LogP contribution in [-0.4, -0.2) is 63.2 Å². The molecule has 1 aliphatic rings. The van der Waals surface area contributed by atoms with Crippen molar-refractivity contribution in [1.29, 1.82) is 0 Å². The summed E-state index contributed by atoms with van der Waals surface area (Å²) in [5, 5.41) is 12.5. The molecule has 2 aromatic heterocycles. The number of nitrogens with zero attached hydrogens (tertiary/aromatic N) is 5. The molecule has 0 aromatic carbocycles. The molecular weight excluding hydrogens is 322 g/mol. The molecule has 0 saturated carbocycles. The van der Waals surface area contributed by atoms with E-state index in [0.717, 1.165) is 12.1 Å². The first-order valence-electron chi connectivity index (χ1n) is 8.52. The van der Waals surface area contributed by atoms with Crippen molar-refractivity contribution in [2.24, 2.45) is 0 Å². The molecule has 1 fully saturated rings. The van der Waals surface area contributed by atoms with Gasteiger partial charge in [0.15, 0.2) is 5.82 Å². The van der Waals surface area contributed by atoms with Crippen molar-refractivity contribution >= 4 is 5.91 Å². The van der Waals surface area contributed by atoms with Crippen LogP contribution >= 0.6 is 0 Å². The number of rotatable bonds is 4. The highest BCUT2D eigenvalue weighted by atomic mass is 16.5. The van der Waals surface area contributed by atoms with E-state index < -0.39 is 0 Å². The third kappa shape index (κ3) is 3.63. The lowest BCUT2D eigenvalue weighted by Crippen LogP contribution is -2.39. The maximum atomic E-state index is 12.9. The quantitative estimate of drug-likeness (QED) is 0.837. The predicted octanol–water partition coefficient (Wildman–Crippen LogP) is 1.62. The monoisotopic (exact) mass is 345 g/mol. The van der Waals surface area contributed by atoms with Crippen LogP contribution in [0.25, 0.3) is 5.82 Å². The summed E-state index contributed by atoms with van der Waals surface area (Å²) in [6.07, 6.45) is 2.43. The van der Waals surface area contributed by atoms with E-state index in [2.05, 4.69) is 15.3 Å². The van der Waals surface area contributed by atoms with Gasteiger partial charge in [-0.3, -0.25) is 4.79 Å². The second kappa shape index (κ2) is 7.60. The first kappa shape index (κ1) is 17.3. The Hall–Kier alpha value is -2.48. The molecule has 8 nitrogen and oxygen atoms in total. The number of amides is 1. The van der Waals surface area contributed by atoms with Crippen LogP contribution in [0.1, 0.15) is 36.3 Å². The number of ether oxygens (including phenoxy) is 2. The second-order valence-corrected chi connectivity index (χ2v) is 5.97. The van der Waals surface area contributed by atoms with Crippen molar-refractivity contribution in [3.8, 4) is 11.7 Å². The van der Waals surface area contributed by atoms with E-state index in [1.54, 1.807) is 23.0 Å². The van der Waals surface area contributed by atoms with E-state index in [4.69, 9.17) is 9.47 Å². The van der Waals surface area contributed by atoms with Gasteiger partial charge in [0, 0.05) is 25.3 Å². The van der Waals surface area contributed by atoms with Crippen LogP contribution in [0, 0.1) is 6.92 Å². The van der Waals surface area contributed by atoms with E-state index in [9.17, 15) is 4.79 Å².